The number of aliphatic hydroxyl groups is 1. The van der Waals surface area contributed by atoms with Crippen molar-refractivity contribution in [3.8, 4) is 17.2 Å². The van der Waals surface area contributed by atoms with Gasteiger partial charge in [0.15, 0.2) is 0 Å². The molecule has 0 unspecified atom stereocenters. The van der Waals surface area contributed by atoms with Crippen LogP contribution in [0.5, 0.6) is 17.2 Å². The van der Waals surface area contributed by atoms with Crippen LogP contribution in [-0.4, -0.2) is 44.0 Å². The monoisotopic (exact) mass is 1000 g/mol. The molecule has 73 heavy (non-hydrogen) atoms. The summed E-state index contributed by atoms with van der Waals surface area (Å²) in [6, 6.07) is 17.8. The fourth-order valence-corrected chi connectivity index (χ4v) is 16.5. The topological polar surface area (TPSA) is 107 Å². The van der Waals surface area contributed by atoms with Gasteiger partial charge in [-0.15, -0.1) is 0 Å². The normalized spacial score (nSPS) is 34.1. The van der Waals surface area contributed by atoms with Crippen LogP contribution in [0.3, 0.4) is 0 Å². The van der Waals surface area contributed by atoms with Gasteiger partial charge in [0, 0.05) is 19.4 Å². The third-order valence-corrected chi connectivity index (χ3v) is 21.3. The van der Waals surface area contributed by atoms with Crippen LogP contribution < -0.4 is 0 Å². The highest BCUT2D eigenvalue weighted by Gasteiger charge is 2.56. The molecule has 0 amide bonds. The number of unbranched alkanes of at least 4 members (excludes halogenated alkanes) is 1. The van der Waals surface area contributed by atoms with Gasteiger partial charge in [0.1, 0.15) is 23.0 Å². The van der Waals surface area contributed by atoms with Crippen LogP contribution >= 0.6 is 0 Å². The maximum absolute atomic E-state index is 12.3. The number of carbonyl (C=O) groups excluding carboxylic acids is 1. The highest BCUT2D eigenvalue weighted by molar-refractivity contribution is 5.81. The van der Waals surface area contributed by atoms with Gasteiger partial charge in [-0.2, -0.15) is 0 Å². The van der Waals surface area contributed by atoms with E-state index in [4.69, 9.17) is 4.74 Å². The van der Waals surface area contributed by atoms with Crippen molar-refractivity contribution in [2.24, 2.45) is 51.8 Å². The molecule has 3 saturated carbocycles. The van der Waals surface area contributed by atoms with E-state index in [9.17, 15) is 25.2 Å². The third kappa shape index (κ3) is 12.1. The predicted molar refractivity (Wildman–Crippen MR) is 300 cm³/mol. The summed E-state index contributed by atoms with van der Waals surface area (Å²) in [4.78, 5) is 12.3. The van der Waals surface area contributed by atoms with Gasteiger partial charge in [-0.3, -0.25) is 4.79 Å². The fraction of sp³-hybridized carbons (Fsp3) is 0.716. The van der Waals surface area contributed by atoms with Crippen molar-refractivity contribution in [3.63, 3.8) is 0 Å². The second-order valence-electron chi connectivity index (χ2n) is 27.6. The fourth-order valence-electron chi connectivity index (χ4n) is 16.5. The lowest BCUT2D eigenvalue weighted by Gasteiger charge is -2.56. The van der Waals surface area contributed by atoms with Crippen molar-refractivity contribution in [2.75, 3.05) is 6.61 Å². The van der Waals surface area contributed by atoms with E-state index < -0.39 is 5.60 Å². The number of aromatic hydroxyl groups is 3. The molecule has 6 aliphatic carbocycles. The zero-order valence-electron chi connectivity index (χ0n) is 47.5. The first kappa shape index (κ1) is 55.9. The largest absolute Gasteiger partial charge is 0.508 e. The number of phenols is 3. The van der Waals surface area contributed by atoms with Gasteiger partial charge in [0.05, 0.1) is 11.2 Å². The first-order valence-corrected chi connectivity index (χ1v) is 29.9. The zero-order valence-corrected chi connectivity index (χ0v) is 47.5. The second kappa shape index (κ2) is 22.7. The molecule has 1 heterocycles. The number of hydrogen-bond donors (Lipinski definition) is 4. The summed E-state index contributed by atoms with van der Waals surface area (Å²) in [5.74, 6) is 6.97. The van der Waals surface area contributed by atoms with Crippen LogP contribution in [0, 0.1) is 51.8 Å². The van der Waals surface area contributed by atoms with E-state index in [0.29, 0.717) is 70.4 Å². The Balaban J connectivity index is 0.000000147. The maximum Gasteiger partial charge on any atom is 0.133 e. The molecule has 6 nitrogen and oxygen atoms in total. The molecule has 3 aromatic carbocycles. The number of phenolic OH excluding ortho intramolecular Hbond substituents is 3. The Morgan fingerprint density at radius 1 is 0.562 bits per heavy atom. The zero-order chi connectivity index (χ0) is 52.5. The number of aryl methyl sites for hydroxylation is 3. The first-order valence-electron chi connectivity index (χ1n) is 29.9. The molecule has 0 aromatic heterocycles. The molecule has 6 heteroatoms. The molecule has 7 aliphatic rings. The molecule has 1 saturated heterocycles. The molecule has 404 valence electrons. The van der Waals surface area contributed by atoms with Crippen molar-refractivity contribution < 1.29 is 30.0 Å². The molecule has 1 aliphatic heterocycles. The highest BCUT2D eigenvalue weighted by atomic mass is 16.5. The molecule has 3 aromatic rings. The number of Topliss-reactive ketones (excluding diaryl/α,β-unsaturated/α-hetero) is 1. The molecule has 1 spiro atoms. The molecular formula is C67H100O6. The summed E-state index contributed by atoms with van der Waals surface area (Å²) in [7, 11) is 0. The van der Waals surface area contributed by atoms with Gasteiger partial charge in [0.2, 0.25) is 0 Å². The summed E-state index contributed by atoms with van der Waals surface area (Å²) in [6.45, 7) is 24.5. The SMILES string of the molecule is CC(C)CC[C@H]1CC(=O)C[C@@H]2c3ccc(O)cc3CC[C@@]12C.CC(C)CC[C@H]1C[C@]2(CCCO2)C[C@@H]2c3ccc(O)cc3CC[C@@]12C.CCCC[C@@]1(O)C[C@H](CCC(C)C)[C@]2(C)CCc3cc(O)ccc3[C@H]2C1. The van der Waals surface area contributed by atoms with E-state index in [2.05, 4.69) is 87.4 Å². The Hall–Kier alpha value is -3.35. The van der Waals surface area contributed by atoms with Crippen molar-refractivity contribution >= 4 is 5.78 Å². The van der Waals surface area contributed by atoms with Gasteiger partial charge in [-0.25, -0.2) is 0 Å². The lowest BCUT2D eigenvalue weighted by molar-refractivity contribution is -0.126. The Morgan fingerprint density at radius 3 is 1.45 bits per heavy atom. The van der Waals surface area contributed by atoms with Crippen LogP contribution in [0.15, 0.2) is 54.6 Å². The summed E-state index contributed by atoms with van der Waals surface area (Å²) >= 11 is 0. The van der Waals surface area contributed by atoms with Gasteiger partial charge in [-0.1, -0.05) is 120 Å². The predicted octanol–water partition coefficient (Wildman–Crippen LogP) is 16.9. The lowest BCUT2D eigenvalue weighted by atomic mass is 9.50. The summed E-state index contributed by atoms with van der Waals surface area (Å²) < 4.78 is 6.40. The van der Waals surface area contributed by atoms with Crippen molar-refractivity contribution in [1.29, 1.82) is 0 Å². The number of fused-ring (bicyclic) bond motifs is 9. The first-order chi connectivity index (χ1) is 34.6. The third-order valence-electron chi connectivity index (χ3n) is 21.3. The van der Waals surface area contributed by atoms with Gasteiger partial charge in [0.25, 0.3) is 0 Å². The highest BCUT2D eigenvalue weighted by Crippen LogP contribution is 2.64. The van der Waals surface area contributed by atoms with E-state index in [1.54, 1.807) is 6.07 Å². The molecule has 11 atom stereocenters. The Labute approximate surface area is 443 Å². The molecule has 4 N–H and O–H groups in total. The number of carbonyl (C=O) groups is 1. The van der Waals surface area contributed by atoms with Crippen LogP contribution in [0.1, 0.15) is 249 Å². The number of ketones is 1. The van der Waals surface area contributed by atoms with Crippen LogP contribution in [0.25, 0.3) is 0 Å². The summed E-state index contributed by atoms with van der Waals surface area (Å²) in [6.07, 6.45) is 25.7. The Morgan fingerprint density at radius 2 is 1.00 bits per heavy atom. The minimum Gasteiger partial charge on any atom is -0.508 e. The van der Waals surface area contributed by atoms with E-state index in [1.165, 1.54) is 110 Å². The van der Waals surface area contributed by atoms with Crippen LogP contribution in [0.2, 0.25) is 0 Å². The van der Waals surface area contributed by atoms with E-state index >= 15 is 0 Å². The van der Waals surface area contributed by atoms with Gasteiger partial charge in [-0.05, 0) is 242 Å². The van der Waals surface area contributed by atoms with E-state index in [-0.39, 0.29) is 16.4 Å². The van der Waals surface area contributed by atoms with Gasteiger partial charge >= 0.3 is 0 Å². The molecule has 0 bridgehead atoms. The van der Waals surface area contributed by atoms with Crippen LogP contribution in [-0.2, 0) is 28.8 Å². The summed E-state index contributed by atoms with van der Waals surface area (Å²) in [5, 5.41) is 41.1. The Bertz CT molecular complexity index is 2340. The van der Waals surface area contributed by atoms with E-state index in [0.717, 1.165) is 88.6 Å². The minimum atomic E-state index is -0.520. The average Bonchev–Trinajstić information content (AvgIpc) is 3.80. The number of benzene rings is 3. The molecular weight excluding hydrogens is 901 g/mol. The number of ether oxygens (including phenoxy) is 1. The molecule has 10 rings (SSSR count). The minimum absolute atomic E-state index is 0.123. The van der Waals surface area contributed by atoms with E-state index in [1.807, 2.05) is 30.3 Å². The summed E-state index contributed by atoms with van der Waals surface area (Å²) in [5.41, 5.74) is 8.63. The van der Waals surface area contributed by atoms with Crippen molar-refractivity contribution in [1.82, 2.24) is 0 Å². The van der Waals surface area contributed by atoms with Crippen molar-refractivity contribution in [3.05, 3.63) is 88.0 Å². The second-order valence-corrected chi connectivity index (χ2v) is 27.6. The Kier molecular flexibility index (Phi) is 17.4. The average molecular weight is 1000 g/mol. The lowest BCUT2D eigenvalue weighted by Crippen LogP contribution is -2.50. The quantitative estimate of drug-likeness (QED) is 0.144. The smallest absolute Gasteiger partial charge is 0.133 e. The number of hydrogen-bond acceptors (Lipinski definition) is 6. The van der Waals surface area contributed by atoms with Crippen molar-refractivity contribution in [2.45, 2.75) is 246 Å². The van der Waals surface area contributed by atoms with Crippen LogP contribution in [0.4, 0.5) is 0 Å². The molecule has 0 radical (unpaired) electrons. The standard InChI is InChI=1S/C24H38O2.C23H34O2.C20H28O2/c1-5-6-12-24(26)15-19(8-7-17(2)3)23(4)13-11-18-14-20(25)9-10-21(18)22(23)16-24;1-16(2)5-6-18-14-23(10-4-12-25-23)15-21-20-8-7-19(24)13-17(20)9-11-22(18,21)3;1-13(2)4-5-15-11-17(22)12-19-18-7-6-16(21)10-14(18)8-9-20(15,19)3/h9-10,14,17,19,22,25-26H,5-8,11-13,15-16H2,1-4H3;7-8,13,16,18,21,24H,4-6,9-12,14-15H2,1-3H3;6-7,10,13,15,19,21H,4-5,8-9,11-12H2,1-3H3/t19-,22+,23-,24+;18-,21+,22-,23+;15-,19+,20-/m000/s1. The maximum atomic E-state index is 12.3. The number of rotatable bonds is 12. The van der Waals surface area contributed by atoms with Gasteiger partial charge < -0.3 is 25.2 Å². The molecule has 4 fully saturated rings.